The molecular formula is C17H21NO. The van der Waals surface area contributed by atoms with Gasteiger partial charge in [-0.1, -0.05) is 42.5 Å². The summed E-state index contributed by atoms with van der Waals surface area (Å²) in [5, 5.41) is 0. The van der Waals surface area contributed by atoms with E-state index in [0.29, 0.717) is 0 Å². The molecule has 0 aromatic heterocycles. The van der Waals surface area contributed by atoms with Gasteiger partial charge in [0.2, 0.25) is 0 Å². The van der Waals surface area contributed by atoms with Crippen molar-refractivity contribution in [1.82, 2.24) is 0 Å². The topological polar surface area (TPSA) is 20.3 Å². The largest absolute Gasteiger partial charge is 0.372 e. The van der Waals surface area contributed by atoms with Crippen LogP contribution in [0.1, 0.15) is 19.4 Å². The lowest BCUT2D eigenvalue weighted by atomic mass is 10.2. The molecule has 0 bridgehead atoms. The SMILES string of the molecule is CCN(CC)c1ccc(/C=C/C=C/C=C/C=O)cc1. The molecule has 0 N–H and O–H groups in total. The first kappa shape index (κ1) is 15.0. The molecule has 0 radical (unpaired) electrons. The Morgan fingerprint density at radius 2 is 1.47 bits per heavy atom. The van der Waals surface area contributed by atoms with E-state index in [1.165, 1.54) is 17.3 Å². The maximum Gasteiger partial charge on any atom is 0.142 e. The summed E-state index contributed by atoms with van der Waals surface area (Å²) in [7, 11) is 0. The molecule has 1 rings (SSSR count). The number of carbonyl (C=O) groups is 1. The molecule has 100 valence electrons. The summed E-state index contributed by atoms with van der Waals surface area (Å²) >= 11 is 0. The van der Waals surface area contributed by atoms with Crippen molar-refractivity contribution in [3.63, 3.8) is 0 Å². The van der Waals surface area contributed by atoms with Crippen molar-refractivity contribution in [2.24, 2.45) is 0 Å². The van der Waals surface area contributed by atoms with Gasteiger partial charge in [-0.2, -0.15) is 0 Å². The van der Waals surface area contributed by atoms with E-state index in [-0.39, 0.29) is 0 Å². The van der Waals surface area contributed by atoms with E-state index < -0.39 is 0 Å². The number of nitrogens with zero attached hydrogens (tertiary/aromatic N) is 1. The number of rotatable bonds is 7. The van der Waals surface area contributed by atoms with Gasteiger partial charge < -0.3 is 4.90 Å². The fourth-order valence-corrected chi connectivity index (χ4v) is 1.79. The molecule has 0 heterocycles. The van der Waals surface area contributed by atoms with Gasteiger partial charge in [0.25, 0.3) is 0 Å². The molecule has 0 saturated carbocycles. The maximum atomic E-state index is 10.1. The molecule has 0 atom stereocenters. The Bertz CT molecular complexity index is 451. The predicted octanol–water partition coefficient (Wildman–Crippen LogP) is 3.86. The molecule has 19 heavy (non-hydrogen) atoms. The minimum Gasteiger partial charge on any atom is -0.372 e. The maximum absolute atomic E-state index is 10.1. The summed E-state index contributed by atoms with van der Waals surface area (Å²) < 4.78 is 0. The van der Waals surface area contributed by atoms with Gasteiger partial charge in [0.1, 0.15) is 6.29 Å². The third-order valence-electron chi connectivity index (χ3n) is 2.83. The van der Waals surface area contributed by atoms with Crippen molar-refractivity contribution in [3.05, 3.63) is 60.2 Å². The van der Waals surface area contributed by atoms with E-state index in [2.05, 4.69) is 43.0 Å². The van der Waals surface area contributed by atoms with Gasteiger partial charge >= 0.3 is 0 Å². The quantitative estimate of drug-likeness (QED) is 0.419. The first-order valence-corrected chi connectivity index (χ1v) is 6.62. The Labute approximate surface area is 115 Å². The van der Waals surface area contributed by atoms with E-state index in [1.54, 1.807) is 6.08 Å². The number of carbonyl (C=O) groups excluding carboxylic acids is 1. The van der Waals surface area contributed by atoms with Gasteiger partial charge in [0.15, 0.2) is 0 Å². The molecule has 0 fully saturated rings. The van der Waals surface area contributed by atoms with Crippen LogP contribution in [0.3, 0.4) is 0 Å². The van der Waals surface area contributed by atoms with E-state index in [9.17, 15) is 4.79 Å². The molecule has 0 amide bonds. The molecule has 0 spiro atoms. The van der Waals surface area contributed by atoms with Crippen LogP contribution in [-0.2, 0) is 4.79 Å². The summed E-state index contributed by atoms with van der Waals surface area (Å²) in [4.78, 5) is 12.4. The first-order chi connectivity index (χ1) is 9.31. The zero-order chi connectivity index (χ0) is 13.9. The van der Waals surface area contributed by atoms with E-state index in [0.717, 1.165) is 19.4 Å². The van der Waals surface area contributed by atoms with Gasteiger partial charge in [0.05, 0.1) is 0 Å². The lowest BCUT2D eigenvalue weighted by molar-refractivity contribution is -0.104. The van der Waals surface area contributed by atoms with Crippen LogP contribution in [0.4, 0.5) is 5.69 Å². The highest BCUT2D eigenvalue weighted by Crippen LogP contribution is 2.15. The third kappa shape index (κ3) is 5.38. The van der Waals surface area contributed by atoms with Gasteiger partial charge in [0, 0.05) is 18.8 Å². The van der Waals surface area contributed by atoms with Gasteiger partial charge in [-0.25, -0.2) is 0 Å². The standard InChI is InChI=1S/C17H21NO/c1-3-18(4-2)17-13-11-16(12-14-17)10-8-6-5-7-9-15-19/h5-15H,3-4H2,1-2H3/b6-5+,9-7+,10-8+. The minimum atomic E-state index is 0.764. The van der Waals surface area contributed by atoms with Crippen LogP contribution in [0.25, 0.3) is 6.08 Å². The van der Waals surface area contributed by atoms with Crippen molar-refractivity contribution < 1.29 is 4.79 Å². The molecule has 0 unspecified atom stereocenters. The molecule has 0 aliphatic rings. The second-order valence-corrected chi connectivity index (χ2v) is 4.03. The normalized spacial score (nSPS) is 11.7. The molecule has 1 aromatic rings. The van der Waals surface area contributed by atoms with Crippen molar-refractivity contribution in [1.29, 1.82) is 0 Å². The molecule has 0 saturated heterocycles. The molecule has 0 aliphatic heterocycles. The zero-order valence-electron chi connectivity index (χ0n) is 11.6. The number of anilines is 1. The Kier molecular flexibility index (Phi) is 7.03. The van der Waals surface area contributed by atoms with Crippen LogP contribution >= 0.6 is 0 Å². The Morgan fingerprint density at radius 3 is 2.05 bits per heavy atom. The molecule has 2 nitrogen and oxygen atoms in total. The average Bonchev–Trinajstić information content (AvgIpc) is 2.45. The minimum absolute atomic E-state index is 0.764. The number of hydrogen-bond donors (Lipinski definition) is 0. The molecule has 1 aromatic carbocycles. The fraction of sp³-hybridized carbons (Fsp3) is 0.235. The predicted molar refractivity (Wildman–Crippen MR) is 83.4 cm³/mol. The summed E-state index contributed by atoms with van der Waals surface area (Å²) in [6.07, 6.45) is 11.7. The monoisotopic (exact) mass is 255 g/mol. The van der Waals surface area contributed by atoms with E-state index >= 15 is 0 Å². The highest BCUT2D eigenvalue weighted by atomic mass is 16.1. The Hall–Kier alpha value is -2.09. The van der Waals surface area contributed by atoms with Crippen LogP contribution < -0.4 is 4.90 Å². The second kappa shape index (κ2) is 8.92. The van der Waals surface area contributed by atoms with Crippen LogP contribution in [-0.4, -0.2) is 19.4 Å². The summed E-state index contributed by atoms with van der Waals surface area (Å²) in [5.41, 5.74) is 2.42. The number of aldehydes is 1. The van der Waals surface area contributed by atoms with Crippen molar-refractivity contribution in [2.75, 3.05) is 18.0 Å². The first-order valence-electron chi connectivity index (χ1n) is 6.62. The number of benzene rings is 1. The van der Waals surface area contributed by atoms with E-state index in [1.807, 2.05) is 24.3 Å². The average molecular weight is 255 g/mol. The lowest BCUT2D eigenvalue weighted by Crippen LogP contribution is -2.21. The zero-order valence-corrected chi connectivity index (χ0v) is 11.6. The van der Waals surface area contributed by atoms with Crippen molar-refractivity contribution in [2.45, 2.75) is 13.8 Å². The smallest absolute Gasteiger partial charge is 0.142 e. The molecule has 0 aliphatic carbocycles. The van der Waals surface area contributed by atoms with E-state index in [4.69, 9.17) is 0 Å². The number of allylic oxidation sites excluding steroid dienone is 5. The molecule has 2 heteroatoms. The number of hydrogen-bond acceptors (Lipinski definition) is 2. The molecular weight excluding hydrogens is 234 g/mol. The van der Waals surface area contributed by atoms with Gasteiger partial charge in [-0.3, -0.25) is 4.79 Å². The van der Waals surface area contributed by atoms with Crippen LogP contribution in [0.5, 0.6) is 0 Å². The summed E-state index contributed by atoms with van der Waals surface area (Å²) in [5.74, 6) is 0. The van der Waals surface area contributed by atoms with Gasteiger partial charge in [-0.15, -0.1) is 0 Å². The second-order valence-electron chi connectivity index (χ2n) is 4.03. The summed E-state index contributed by atoms with van der Waals surface area (Å²) in [6.45, 7) is 6.37. The highest BCUT2D eigenvalue weighted by Gasteiger charge is 1.99. The fourth-order valence-electron chi connectivity index (χ4n) is 1.79. The third-order valence-corrected chi connectivity index (χ3v) is 2.83. The Morgan fingerprint density at radius 1 is 0.895 bits per heavy atom. The van der Waals surface area contributed by atoms with Crippen LogP contribution in [0.2, 0.25) is 0 Å². The van der Waals surface area contributed by atoms with Crippen molar-refractivity contribution >= 4 is 18.0 Å². The van der Waals surface area contributed by atoms with Crippen LogP contribution in [0.15, 0.2) is 54.6 Å². The van der Waals surface area contributed by atoms with Crippen LogP contribution in [0, 0.1) is 0 Å². The Balaban J connectivity index is 2.61. The summed E-state index contributed by atoms with van der Waals surface area (Å²) in [6, 6.07) is 8.50. The highest BCUT2D eigenvalue weighted by molar-refractivity contribution is 5.65. The van der Waals surface area contributed by atoms with Crippen molar-refractivity contribution in [3.8, 4) is 0 Å². The lowest BCUT2D eigenvalue weighted by Gasteiger charge is -2.20. The van der Waals surface area contributed by atoms with Gasteiger partial charge in [-0.05, 0) is 37.6 Å².